The number of nitrogens with zero attached hydrogens (tertiary/aromatic N) is 1. The number of nitrogen functional groups attached to an aromatic ring is 1. The van der Waals surface area contributed by atoms with E-state index in [0.717, 1.165) is 11.0 Å². The van der Waals surface area contributed by atoms with Crippen LogP contribution in [0, 0.1) is 5.92 Å². The second-order valence-electron chi connectivity index (χ2n) is 4.35. The normalized spacial score (nSPS) is 16.5. The van der Waals surface area contributed by atoms with Gasteiger partial charge >= 0.3 is 0 Å². The monoisotopic (exact) mass is 329 g/mol. The quantitative estimate of drug-likeness (QED) is 0.892. The van der Waals surface area contributed by atoms with Crippen molar-refractivity contribution in [1.82, 2.24) is 10.3 Å². The van der Waals surface area contributed by atoms with Gasteiger partial charge in [-0.05, 0) is 52.3 Å². The third-order valence-corrected chi connectivity index (χ3v) is 4.50. The zero-order valence-corrected chi connectivity index (χ0v) is 12.4. The molecule has 1 aromatic rings. The highest BCUT2D eigenvalue weighted by atomic mass is 79.9. The van der Waals surface area contributed by atoms with Crippen molar-refractivity contribution in [3.8, 4) is 0 Å². The molecule has 6 heteroatoms. The van der Waals surface area contributed by atoms with E-state index >= 15 is 0 Å². The van der Waals surface area contributed by atoms with E-state index in [2.05, 4.69) is 26.2 Å². The molecular weight excluding hydrogens is 314 g/mol. The van der Waals surface area contributed by atoms with E-state index in [-0.39, 0.29) is 11.7 Å². The molecule has 0 aromatic carbocycles. The summed E-state index contributed by atoms with van der Waals surface area (Å²) in [5, 5.41) is 2.95. The van der Waals surface area contributed by atoms with E-state index in [9.17, 15) is 4.79 Å². The fourth-order valence-electron chi connectivity index (χ4n) is 1.91. The van der Waals surface area contributed by atoms with Gasteiger partial charge in [0.25, 0.3) is 5.91 Å². The maximum Gasteiger partial charge on any atom is 0.255 e. The number of pyridine rings is 1. The number of carbonyl (C=O) groups is 1. The van der Waals surface area contributed by atoms with Gasteiger partial charge in [-0.1, -0.05) is 0 Å². The highest BCUT2D eigenvalue weighted by Crippen LogP contribution is 2.22. The first kappa shape index (κ1) is 13.7. The van der Waals surface area contributed by atoms with Gasteiger partial charge in [-0.15, -0.1) is 0 Å². The Hall–Kier alpha value is -0.750. The molecule has 4 nitrogen and oxygen atoms in total. The summed E-state index contributed by atoms with van der Waals surface area (Å²) in [6.45, 7) is 0.728. The second kappa shape index (κ2) is 6.43. The van der Waals surface area contributed by atoms with E-state index in [1.165, 1.54) is 24.3 Å². The van der Waals surface area contributed by atoms with E-state index in [4.69, 9.17) is 5.73 Å². The van der Waals surface area contributed by atoms with Gasteiger partial charge in [0, 0.05) is 17.2 Å². The molecule has 2 heterocycles. The Labute approximate surface area is 119 Å². The maximum absolute atomic E-state index is 12.0. The number of rotatable bonds is 3. The summed E-state index contributed by atoms with van der Waals surface area (Å²) in [5.74, 6) is 3.12. The van der Waals surface area contributed by atoms with Gasteiger partial charge < -0.3 is 11.1 Å². The van der Waals surface area contributed by atoms with Crippen molar-refractivity contribution in [3.05, 3.63) is 22.3 Å². The van der Waals surface area contributed by atoms with Gasteiger partial charge in [0.1, 0.15) is 5.82 Å². The number of carbonyl (C=O) groups excluding carboxylic acids is 1. The number of amides is 1. The van der Waals surface area contributed by atoms with E-state index < -0.39 is 0 Å². The zero-order valence-electron chi connectivity index (χ0n) is 9.99. The van der Waals surface area contributed by atoms with Crippen LogP contribution in [-0.4, -0.2) is 28.9 Å². The second-order valence-corrected chi connectivity index (χ2v) is 6.49. The number of thioether (sulfide) groups is 1. The molecule has 3 N–H and O–H groups in total. The Morgan fingerprint density at radius 2 is 2.28 bits per heavy atom. The first-order chi connectivity index (χ1) is 8.66. The third-order valence-electron chi connectivity index (χ3n) is 3.02. The Bertz CT molecular complexity index is 435. The lowest BCUT2D eigenvalue weighted by atomic mass is 10.0. The van der Waals surface area contributed by atoms with Crippen molar-refractivity contribution in [3.63, 3.8) is 0 Å². The predicted molar refractivity (Wildman–Crippen MR) is 78.7 cm³/mol. The highest BCUT2D eigenvalue weighted by Gasteiger charge is 2.16. The Balaban J connectivity index is 1.92. The molecule has 18 heavy (non-hydrogen) atoms. The largest absolute Gasteiger partial charge is 0.383 e. The molecule has 1 fully saturated rings. The number of hydrogen-bond acceptors (Lipinski definition) is 4. The summed E-state index contributed by atoms with van der Waals surface area (Å²) in [6.07, 6.45) is 3.94. The summed E-state index contributed by atoms with van der Waals surface area (Å²) in [5.41, 5.74) is 6.14. The first-order valence-corrected chi connectivity index (χ1v) is 7.88. The van der Waals surface area contributed by atoms with E-state index in [1.54, 1.807) is 12.3 Å². The highest BCUT2D eigenvalue weighted by molar-refractivity contribution is 9.10. The van der Waals surface area contributed by atoms with Crippen molar-refractivity contribution < 1.29 is 4.79 Å². The van der Waals surface area contributed by atoms with Crippen LogP contribution in [0.15, 0.2) is 16.7 Å². The number of anilines is 1. The van der Waals surface area contributed by atoms with Gasteiger partial charge in [-0.3, -0.25) is 4.79 Å². The zero-order chi connectivity index (χ0) is 13.0. The molecule has 1 aromatic heterocycles. The molecule has 1 aliphatic heterocycles. The average molecular weight is 330 g/mol. The standard InChI is InChI=1S/C12H16BrN3OS/c13-9-5-10(11(14)15-7-9)12(17)16-6-8-1-3-18-4-2-8/h5,7-8H,1-4,6H2,(H2,14,15)(H,16,17). The molecule has 0 atom stereocenters. The lowest BCUT2D eigenvalue weighted by Crippen LogP contribution is -2.31. The Morgan fingerprint density at radius 3 is 3.00 bits per heavy atom. The molecule has 1 amide bonds. The lowest BCUT2D eigenvalue weighted by Gasteiger charge is -2.21. The van der Waals surface area contributed by atoms with Crippen LogP contribution < -0.4 is 11.1 Å². The Kier molecular flexibility index (Phi) is 4.88. The summed E-state index contributed by atoms with van der Waals surface area (Å²) < 4.78 is 0.760. The van der Waals surface area contributed by atoms with Crippen molar-refractivity contribution in [2.24, 2.45) is 5.92 Å². The molecule has 2 rings (SSSR count). The molecule has 0 unspecified atom stereocenters. The van der Waals surface area contributed by atoms with Crippen LogP contribution in [0.3, 0.4) is 0 Å². The van der Waals surface area contributed by atoms with Gasteiger partial charge in [-0.25, -0.2) is 4.98 Å². The van der Waals surface area contributed by atoms with Gasteiger partial charge in [0.15, 0.2) is 0 Å². The summed E-state index contributed by atoms with van der Waals surface area (Å²) >= 11 is 5.28. The Morgan fingerprint density at radius 1 is 1.56 bits per heavy atom. The van der Waals surface area contributed by atoms with Gasteiger partial charge in [0.05, 0.1) is 5.56 Å². The summed E-state index contributed by atoms with van der Waals surface area (Å²) in [7, 11) is 0. The minimum Gasteiger partial charge on any atom is -0.383 e. The molecule has 0 aliphatic carbocycles. The molecule has 1 aliphatic rings. The van der Waals surface area contributed by atoms with Crippen LogP contribution in [0.4, 0.5) is 5.82 Å². The minimum absolute atomic E-state index is 0.139. The van der Waals surface area contributed by atoms with Crippen molar-refractivity contribution in [1.29, 1.82) is 0 Å². The SMILES string of the molecule is Nc1ncc(Br)cc1C(=O)NCC1CCSCC1. The molecule has 1 saturated heterocycles. The van der Waals surface area contributed by atoms with Crippen LogP contribution in [0.2, 0.25) is 0 Å². The van der Waals surface area contributed by atoms with Crippen LogP contribution in [0.1, 0.15) is 23.2 Å². The van der Waals surface area contributed by atoms with Crippen molar-refractivity contribution in [2.45, 2.75) is 12.8 Å². The number of nitrogens with two attached hydrogens (primary N) is 1. The number of aromatic nitrogens is 1. The first-order valence-electron chi connectivity index (χ1n) is 5.94. The van der Waals surface area contributed by atoms with Crippen LogP contribution >= 0.6 is 27.7 Å². The lowest BCUT2D eigenvalue weighted by molar-refractivity contribution is 0.0947. The summed E-state index contributed by atoms with van der Waals surface area (Å²) in [6, 6.07) is 1.70. The van der Waals surface area contributed by atoms with Crippen molar-refractivity contribution >= 4 is 39.4 Å². The van der Waals surface area contributed by atoms with Crippen LogP contribution in [0.25, 0.3) is 0 Å². The molecule has 0 radical (unpaired) electrons. The molecule has 0 bridgehead atoms. The molecule has 0 spiro atoms. The topological polar surface area (TPSA) is 68.0 Å². The average Bonchev–Trinajstić information content (AvgIpc) is 2.40. The molecular formula is C12H16BrN3OS. The number of nitrogens with one attached hydrogen (secondary N) is 1. The third kappa shape index (κ3) is 3.62. The minimum atomic E-state index is -0.139. The molecule has 98 valence electrons. The number of hydrogen-bond donors (Lipinski definition) is 2. The fraction of sp³-hybridized carbons (Fsp3) is 0.500. The molecule has 0 saturated carbocycles. The van der Waals surface area contributed by atoms with Crippen LogP contribution in [0.5, 0.6) is 0 Å². The van der Waals surface area contributed by atoms with Crippen LogP contribution in [-0.2, 0) is 0 Å². The van der Waals surface area contributed by atoms with E-state index in [1.807, 2.05) is 11.8 Å². The fourth-order valence-corrected chi connectivity index (χ4v) is 3.45. The van der Waals surface area contributed by atoms with Crippen molar-refractivity contribution in [2.75, 3.05) is 23.8 Å². The van der Waals surface area contributed by atoms with E-state index in [0.29, 0.717) is 11.5 Å². The summed E-state index contributed by atoms with van der Waals surface area (Å²) in [4.78, 5) is 16.0. The number of halogens is 1. The predicted octanol–water partition coefficient (Wildman–Crippen LogP) is 2.30. The maximum atomic E-state index is 12.0. The smallest absolute Gasteiger partial charge is 0.255 e. The van der Waals surface area contributed by atoms with Gasteiger partial charge in [-0.2, -0.15) is 11.8 Å². The van der Waals surface area contributed by atoms with Gasteiger partial charge in [0.2, 0.25) is 0 Å².